The second kappa shape index (κ2) is 11.5. The van der Waals surface area contributed by atoms with Gasteiger partial charge in [0.1, 0.15) is 0 Å². The van der Waals surface area contributed by atoms with Gasteiger partial charge in [0.05, 0.1) is 17.5 Å². The van der Waals surface area contributed by atoms with Gasteiger partial charge < -0.3 is 15.2 Å². The fourth-order valence-corrected chi connectivity index (χ4v) is 5.00. The molecule has 2 N–H and O–H groups in total. The van der Waals surface area contributed by atoms with E-state index in [4.69, 9.17) is 11.6 Å². The van der Waals surface area contributed by atoms with Crippen molar-refractivity contribution in [2.75, 3.05) is 11.1 Å². The van der Waals surface area contributed by atoms with E-state index >= 15 is 0 Å². The number of amides is 2. The van der Waals surface area contributed by atoms with Gasteiger partial charge in [-0.2, -0.15) is 0 Å². The lowest BCUT2D eigenvalue weighted by Crippen LogP contribution is -2.28. The molecule has 2 heterocycles. The van der Waals surface area contributed by atoms with Gasteiger partial charge in [-0.05, 0) is 38.1 Å². The van der Waals surface area contributed by atoms with E-state index in [9.17, 15) is 9.59 Å². The molecule has 0 saturated carbocycles. The number of nitrogens with one attached hydrogen (secondary N) is 2. The Morgan fingerprint density at radius 2 is 1.86 bits per heavy atom. The third-order valence-electron chi connectivity index (χ3n) is 5.06. The van der Waals surface area contributed by atoms with Gasteiger partial charge in [-0.15, -0.1) is 21.5 Å². The summed E-state index contributed by atoms with van der Waals surface area (Å²) in [4.78, 5) is 29.5. The maximum atomic E-state index is 12.5. The fraction of sp³-hybridized carbons (Fsp3) is 0.208. The molecule has 1 atom stereocenters. The third-order valence-corrected chi connectivity index (χ3v) is 7.03. The number of rotatable bonds is 9. The SMILES string of the molecule is CCn1c(SCC(=O)Nc2nc(-c3ccc(Cl)cc3)cs2)nnc1[C@H](C)NC(=O)c1ccccc1. The van der Waals surface area contributed by atoms with Gasteiger partial charge in [-0.1, -0.05) is 53.7 Å². The molecule has 0 aliphatic heterocycles. The van der Waals surface area contributed by atoms with Crippen LogP contribution in [0.3, 0.4) is 0 Å². The molecule has 0 bridgehead atoms. The maximum Gasteiger partial charge on any atom is 0.251 e. The molecular formula is C24H23ClN6O2S2. The summed E-state index contributed by atoms with van der Waals surface area (Å²) in [5.41, 5.74) is 2.28. The van der Waals surface area contributed by atoms with Crippen molar-refractivity contribution in [2.24, 2.45) is 0 Å². The van der Waals surface area contributed by atoms with Crippen LogP contribution in [0, 0.1) is 0 Å². The van der Waals surface area contributed by atoms with Gasteiger partial charge in [0.15, 0.2) is 16.1 Å². The smallest absolute Gasteiger partial charge is 0.251 e. The predicted octanol–water partition coefficient (Wildman–Crippen LogP) is 5.30. The molecule has 2 amide bonds. The zero-order valence-corrected chi connectivity index (χ0v) is 21.5. The number of hydrogen-bond acceptors (Lipinski definition) is 7. The Morgan fingerprint density at radius 1 is 1.11 bits per heavy atom. The lowest BCUT2D eigenvalue weighted by atomic mass is 10.2. The summed E-state index contributed by atoms with van der Waals surface area (Å²) in [6.45, 7) is 4.43. The van der Waals surface area contributed by atoms with Crippen LogP contribution in [0.2, 0.25) is 5.02 Å². The van der Waals surface area contributed by atoms with Crippen LogP contribution in [0.4, 0.5) is 5.13 Å². The van der Waals surface area contributed by atoms with E-state index in [0.717, 1.165) is 11.3 Å². The van der Waals surface area contributed by atoms with E-state index in [1.54, 1.807) is 24.3 Å². The van der Waals surface area contributed by atoms with E-state index < -0.39 is 0 Å². The van der Waals surface area contributed by atoms with Crippen molar-refractivity contribution in [3.63, 3.8) is 0 Å². The summed E-state index contributed by atoms with van der Waals surface area (Å²) in [7, 11) is 0. The molecule has 8 nitrogen and oxygen atoms in total. The zero-order chi connectivity index (χ0) is 24.8. The molecule has 0 unspecified atom stereocenters. The topological polar surface area (TPSA) is 102 Å². The number of carbonyl (C=O) groups is 2. The number of thioether (sulfide) groups is 1. The lowest BCUT2D eigenvalue weighted by molar-refractivity contribution is -0.113. The number of anilines is 1. The highest BCUT2D eigenvalue weighted by molar-refractivity contribution is 7.99. The van der Waals surface area contributed by atoms with Crippen LogP contribution < -0.4 is 10.6 Å². The van der Waals surface area contributed by atoms with Crippen molar-refractivity contribution in [2.45, 2.75) is 31.6 Å². The van der Waals surface area contributed by atoms with Crippen LogP contribution in [0.5, 0.6) is 0 Å². The largest absolute Gasteiger partial charge is 0.342 e. The highest BCUT2D eigenvalue weighted by Crippen LogP contribution is 2.26. The summed E-state index contributed by atoms with van der Waals surface area (Å²) in [5, 5.41) is 18.0. The summed E-state index contributed by atoms with van der Waals surface area (Å²) in [5.74, 6) is 0.411. The molecule has 0 aliphatic rings. The molecular weight excluding hydrogens is 504 g/mol. The highest BCUT2D eigenvalue weighted by atomic mass is 35.5. The number of thiazole rings is 1. The minimum atomic E-state index is -0.347. The number of nitrogens with zero attached hydrogens (tertiary/aromatic N) is 4. The van der Waals surface area contributed by atoms with E-state index in [-0.39, 0.29) is 23.6 Å². The fourth-order valence-electron chi connectivity index (χ4n) is 3.33. The summed E-state index contributed by atoms with van der Waals surface area (Å²) in [6, 6.07) is 16.0. The van der Waals surface area contributed by atoms with Gasteiger partial charge in [-0.25, -0.2) is 4.98 Å². The van der Waals surface area contributed by atoms with Gasteiger partial charge in [0.25, 0.3) is 5.91 Å². The van der Waals surface area contributed by atoms with Crippen LogP contribution in [0.25, 0.3) is 11.3 Å². The first-order chi connectivity index (χ1) is 16.9. The Balaban J connectivity index is 1.34. The van der Waals surface area contributed by atoms with Crippen molar-refractivity contribution in [3.05, 3.63) is 76.4 Å². The van der Waals surface area contributed by atoms with Crippen molar-refractivity contribution < 1.29 is 9.59 Å². The van der Waals surface area contributed by atoms with Crippen LogP contribution in [-0.2, 0) is 11.3 Å². The van der Waals surface area contributed by atoms with Crippen LogP contribution in [-0.4, -0.2) is 37.3 Å². The average Bonchev–Trinajstić information content (AvgIpc) is 3.50. The molecule has 2 aromatic heterocycles. The Hall–Kier alpha value is -3.21. The molecule has 0 aliphatic carbocycles. The minimum absolute atomic E-state index is 0.152. The third kappa shape index (κ3) is 6.27. The van der Waals surface area contributed by atoms with Gasteiger partial charge >= 0.3 is 0 Å². The van der Waals surface area contributed by atoms with E-state index in [1.807, 2.05) is 54.1 Å². The Labute approximate surface area is 216 Å². The average molecular weight is 527 g/mol. The van der Waals surface area contributed by atoms with Gasteiger partial charge in [0.2, 0.25) is 5.91 Å². The monoisotopic (exact) mass is 526 g/mol. The Morgan fingerprint density at radius 3 is 2.57 bits per heavy atom. The number of benzene rings is 2. The molecule has 35 heavy (non-hydrogen) atoms. The van der Waals surface area contributed by atoms with Crippen molar-refractivity contribution in [3.8, 4) is 11.3 Å². The number of halogens is 1. The second-order valence-corrected chi connectivity index (χ2v) is 9.76. The van der Waals surface area contributed by atoms with Gasteiger partial charge in [0, 0.05) is 28.1 Å². The van der Waals surface area contributed by atoms with Gasteiger partial charge in [-0.3, -0.25) is 9.59 Å². The van der Waals surface area contributed by atoms with Crippen molar-refractivity contribution >= 4 is 51.6 Å². The van der Waals surface area contributed by atoms with Crippen molar-refractivity contribution in [1.29, 1.82) is 0 Å². The molecule has 0 radical (unpaired) electrons. The molecule has 180 valence electrons. The first kappa shape index (κ1) is 24.9. The summed E-state index contributed by atoms with van der Waals surface area (Å²) < 4.78 is 1.90. The molecule has 4 rings (SSSR count). The first-order valence-electron chi connectivity index (χ1n) is 10.9. The molecule has 0 fully saturated rings. The van der Waals surface area contributed by atoms with E-state index in [2.05, 4.69) is 25.8 Å². The van der Waals surface area contributed by atoms with Crippen LogP contribution >= 0.6 is 34.7 Å². The first-order valence-corrected chi connectivity index (χ1v) is 13.1. The van der Waals surface area contributed by atoms with Crippen LogP contribution in [0.1, 0.15) is 36.1 Å². The Kier molecular flexibility index (Phi) is 8.17. The molecule has 0 saturated heterocycles. The van der Waals surface area contributed by atoms with Crippen molar-refractivity contribution in [1.82, 2.24) is 25.1 Å². The molecule has 4 aromatic rings. The molecule has 2 aromatic carbocycles. The van der Waals surface area contributed by atoms with E-state index in [1.165, 1.54) is 23.1 Å². The normalized spacial score (nSPS) is 11.7. The lowest BCUT2D eigenvalue weighted by Gasteiger charge is -2.15. The standard InChI is InChI=1S/C24H23ClN6O2S2/c1-3-31-21(15(2)26-22(33)17-7-5-4-6-8-17)29-30-24(31)35-14-20(32)28-23-27-19(13-34-23)16-9-11-18(25)12-10-16/h4-13,15H,3,14H2,1-2H3,(H,26,33)(H,27,28,32)/t15-/m0/s1. The Bertz CT molecular complexity index is 1310. The molecule has 0 spiro atoms. The second-order valence-electron chi connectivity index (χ2n) is 7.53. The molecule has 11 heteroatoms. The minimum Gasteiger partial charge on any atom is -0.342 e. The quantitative estimate of drug-likeness (QED) is 0.287. The predicted molar refractivity (Wildman–Crippen MR) is 140 cm³/mol. The van der Waals surface area contributed by atoms with Crippen LogP contribution in [0.15, 0.2) is 65.1 Å². The maximum absolute atomic E-state index is 12.5. The summed E-state index contributed by atoms with van der Waals surface area (Å²) >= 11 is 8.58. The highest BCUT2D eigenvalue weighted by Gasteiger charge is 2.20. The number of carbonyl (C=O) groups excluding carboxylic acids is 2. The summed E-state index contributed by atoms with van der Waals surface area (Å²) in [6.07, 6.45) is 0. The zero-order valence-electron chi connectivity index (χ0n) is 19.1. The number of hydrogen-bond donors (Lipinski definition) is 2. The van der Waals surface area contributed by atoms with E-state index in [0.29, 0.717) is 33.2 Å². The number of aromatic nitrogens is 4.